The predicted octanol–water partition coefficient (Wildman–Crippen LogP) is 2.16. The first-order valence-electron chi connectivity index (χ1n) is 6.91. The summed E-state index contributed by atoms with van der Waals surface area (Å²) in [4.78, 5) is 25.3. The van der Waals surface area contributed by atoms with Gasteiger partial charge in [-0.05, 0) is 33.6 Å². The summed E-state index contributed by atoms with van der Waals surface area (Å²) < 4.78 is 5.37. The zero-order chi connectivity index (χ0) is 13.5. The highest BCUT2D eigenvalue weighted by Gasteiger charge is 2.26. The summed E-state index contributed by atoms with van der Waals surface area (Å²) in [5, 5.41) is 0. The molecule has 104 valence electrons. The van der Waals surface area contributed by atoms with Crippen molar-refractivity contribution in [2.24, 2.45) is 0 Å². The van der Waals surface area contributed by atoms with Gasteiger partial charge in [-0.2, -0.15) is 0 Å². The standard InChI is InChI=1S/C14H25NO3/c1-11(2)18-10-14(17)15-8-6-4-5-7-13(15)9-12(3)16/h11,13H,4-10H2,1-3H3. The van der Waals surface area contributed by atoms with E-state index in [9.17, 15) is 9.59 Å². The second-order valence-corrected chi connectivity index (χ2v) is 5.36. The average Bonchev–Trinajstić information content (AvgIpc) is 2.50. The lowest BCUT2D eigenvalue weighted by Crippen LogP contribution is -2.43. The molecule has 0 spiro atoms. The largest absolute Gasteiger partial charge is 0.369 e. The third-order valence-electron chi connectivity index (χ3n) is 3.26. The van der Waals surface area contributed by atoms with Crippen molar-refractivity contribution in [2.75, 3.05) is 13.2 Å². The number of carbonyl (C=O) groups excluding carboxylic acids is 2. The fourth-order valence-electron chi connectivity index (χ4n) is 2.37. The maximum Gasteiger partial charge on any atom is 0.248 e. The molecule has 4 nitrogen and oxygen atoms in total. The van der Waals surface area contributed by atoms with Crippen molar-refractivity contribution in [1.82, 2.24) is 4.90 Å². The topological polar surface area (TPSA) is 46.6 Å². The smallest absolute Gasteiger partial charge is 0.248 e. The number of amides is 1. The van der Waals surface area contributed by atoms with Crippen LogP contribution in [-0.2, 0) is 14.3 Å². The maximum absolute atomic E-state index is 12.1. The van der Waals surface area contributed by atoms with E-state index in [1.165, 1.54) is 0 Å². The molecule has 4 heteroatoms. The molecule has 0 radical (unpaired) electrons. The van der Waals surface area contributed by atoms with Gasteiger partial charge in [0.1, 0.15) is 12.4 Å². The van der Waals surface area contributed by atoms with Crippen LogP contribution in [0.5, 0.6) is 0 Å². The molecule has 0 aromatic heterocycles. The molecule has 1 atom stereocenters. The van der Waals surface area contributed by atoms with Gasteiger partial charge in [0.25, 0.3) is 0 Å². The molecule has 0 aromatic carbocycles. The van der Waals surface area contributed by atoms with Crippen LogP contribution in [0.2, 0.25) is 0 Å². The van der Waals surface area contributed by atoms with Gasteiger partial charge < -0.3 is 9.64 Å². The normalized spacial score (nSPS) is 20.9. The van der Waals surface area contributed by atoms with Crippen molar-refractivity contribution in [3.8, 4) is 0 Å². The van der Waals surface area contributed by atoms with Gasteiger partial charge in [-0.3, -0.25) is 9.59 Å². The highest BCUT2D eigenvalue weighted by Crippen LogP contribution is 2.20. The van der Waals surface area contributed by atoms with Gasteiger partial charge in [0.15, 0.2) is 0 Å². The summed E-state index contributed by atoms with van der Waals surface area (Å²) in [6.07, 6.45) is 4.75. The summed E-state index contributed by atoms with van der Waals surface area (Å²) in [5.41, 5.74) is 0. The van der Waals surface area contributed by atoms with Gasteiger partial charge >= 0.3 is 0 Å². The third kappa shape index (κ3) is 5.17. The van der Waals surface area contributed by atoms with Crippen LogP contribution in [0.1, 0.15) is 52.9 Å². The lowest BCUT2D eigenvalue weighted by Gasteiger charge is -2.29. The molecular weight excluding hydrogens is 230 g/mol. The minimum absolute atomic E-state index is 0.0249. The summed E-state index contributed by atoms with van der Waals surface area (Å²) in [7, 11) is 0. The molecule has 1 aliphatic heterocycles. The Kier molecular flexibility index (Phi) is 6.33. The van der Waals surface area contributed by atoms with Crippen molar-refractivity contribution in [3.05, 3.63) is 0 Å². The van der Waals surface area contributed by atoms with E-state index in [1.54, 1.807) is 6.92 Å². The lowest BCUT2D eigenvalue weighted by molar-refractivity contribution is -0.140. The first kappa shape index (κ1) is 15.2. The van der Waals surface area contributed by atoms with E-state index >= 15 is 0 Å². The summed E-state index contributed by atoms with van der Waals surface area (Å²) in [6.45, 7) is 6.33. The van der Waals surface area contributed by atoms with E-state index in [0.29, 0.717) is 6.42 Å². The van der Waals surface area contributed by atoms with E-state index in [1.807, 2.05) is 18.7 Å². The van der Waals surface area contributed by atoms with Crippen LogP contribution in [0.25, 0.3) is 0 Å². The molecule has 1 aliphatic rings. The molecule has 0 bridgehead atoms. The second kappa shape index (κ2) is 7.52. The molecule has 18 heavy (non-hydrogen) atoms. The third-order valence-corrected chi connectivity index (χ3v) is 3.26. The Bertz CT molecular complexity index is 289. The molecule has 1 amide bonds. The minimum Gasteiger partial charge on any atom is -0.369 e. The Morgan fingerprint density at radius 3 is 2.61 bits per heavy atom. The van der Waals surface area contributed by atoms with Gasteiger partial charge in [0, 0.05) is 19.0 Å². The van der Waals surface area contributed by atoms with Crippen LogP contribution >= 0.6 is 0 Å². The molecular formula is C14H25NO3. The molecule has 0 saturated carbocycles. The Morgan fingerprint density at radius 1 is 1.28 bits per heavy atom. The number of rotatable bonds is 5. The number of nitrogens with zero attached hydrogens (tertiary/aromatic N) is 1. The number of ether oxygens (including phenoxy) is 1. The maximum atomic E-state index is 12.1. The molecule has 0 aromatic rings. The quantitative estimate of drug-likeness (QED) is 0.756. The van der Waals surface area contributed by atoms with Crippen LogP contribution in [0.4, 0.5) is 0 Å². The number of hydrogen-bond acceptors (Lipinski definition) is 3. The number of Topliss-reactive ketones (excluding diaryl/α,β-unsaturated/α-hetero) is 1. The monoisotopic (exact) mass is 255 g/mol. The Morgan fingerprint density at radius 2 is 2.00 bits per heavy atom. The van der Waals surface area contributed by atoms with Crippen LogP contribution in [0, 0.1) is 0 Å². The summed E-state index contributed by atoms with van der Waals surface area (Å²) in [5.74, 6) is 0.182. The summed E-state index contributed by atoms with van der Waals surface area (Å²) >= 11 is 0. The van der Waals surface area contributed by atoms with Gasteiger partial charge in [0.05, 0.1) is 6.10 Å². The first-order chi connectivity index (χ1) is 8.50. The van der Waals surface area contributed by atoms with Crippen LogP contribution in [0.15, 0.2) is 0 Å². The van der Waals surface area contributed by atoms with Gasteiger partial charge in [0.2, 0.25) is 5.91 Å². The zero-order valence-corrected chi connectivity index (χ0v) is 11.8. The highest BCUT2D eigenvalue weighted by atomic mass is 16.5. The number of likely N-dealkylation sites (tertiary alicyclic amines) is 1. The van der Waals surface area contributed by atoms with Crippen molar-refractivity contribution < 1.29 is 14.3 Å². The Balaban J connectivity index is 2.60. The molecule has 1 heterocycles. The Labute approximate surface area is 110 Å². The fraction of sp³-hybridized carbons (Fsp3) is 0.857. The number of hydrogen-bond donors (Lipinski definition) is 0. The van der Waals surface area contributed by atoms with Crippen molar-refractivity contribution in [1.29, 1.82) is 0 Å². The van der Waals surface area contributed by atoms with Gasteiger partial charge in [-0.25, -0.2) is 0 Å². The van der Waals surface area contributed by atoms with Crippen molar-refractivity contribution >= 4 is 11.7 Å². The van der Waals surface area contributed by atoms with Crippen molar-refractivity contribution in [3.63, 3.8) is 0 Å². The fourth-order valence-corrected chi connectivity index (χ4v) is 2.37. The summed E-state index contributed by atoms with van der Waals surface area (Å²) in [6, 6.07) is 0.0771. The molecule has 1 fully saturated rings. The highest BCUT2D eigenvalue weighted by molar-refractivity contribution is 5.80. The van der Waals surface area contributed by atoms with E-state index in [4.69, 9.17) is 4.74 Å². The van der Waals surface area contributed by atoms with Crippen molar-refractivity contribution in [2.45, 2.75) is 65.0 Å². The zero-order valence-electron chi connectivity index (χ0n) is 11.8. The van der Waals surface area contributed by atoms with E-state index in [-0.39, 0.29) is 30.4 Å². The molecule has 1 unspecified atom stereocenters. The van der Waals surface area contributed by atoms with Gasteiger partial charge in [-0.15, -0.1) is 0 Å². The van der Waals surface area contributed by atoms with E-state index in [2.05, 4.69) is 0 Å². The van der Waals surface area contributed by atoms with Crippen LogP contribution in [0.3, 0.4) is 0 Å². The second-order valence-electron chi connectivity index (χ2n) is 5.36. The predicted molar refractivity (Wildman–Crippen MR) is 70.4 cm³/mol. The van der Waals surface area contributed by atoms with Crippen LogP contribution < -0.4 is 0 Å². The van der Waals surface area contributed by atoms with Crippen LogP contribution in [-0.4, -0.2) is 41.9 Å². The van der Waals surface area contributed by atoms with E-state index in [0.717, 1.165) is 32.2 Å². The number of ketones is 1. The van der Waals surface area contributed by atoms with Gasteiger partial charge in [-0.1, -0.05) is 12.8 Å². The van der Waals surface area contributed by atoms with E-state index < -0.39 is 0 Å². The SMILES string of the molecule is CC(=O)CC1CCCCCN1C(=O)COC(C)C. The molecule has 0 N–H and O–H groups in total. The number of carbonyl (C=O) groups is 2. The first-order valence-corrected chi connectivity index (χ1v) is 6.91. The molecule has 1 rings (SSSR count). The minimum atomic E-state index is 0.0249. The average molecular weight is 255 g/mol. The Hall–Kier alpha value is -0.900. The molecule has 1 saturated heterocycles. The lowest BCUT2D eigenvalue weighted by atomic mass is 10.0. The molecule has 0 aliphatic carbocycles.